The first-order valence-electron chi connectivity index (χ1n) is 8.73. The molecule has 0 amide bonds. The van der Waals surface area contributed by atoms with Crippen LogP contribution in [0.3, 0.4) is 0 Å². The van der Waals surface area contributed by atoms with Gasteiger partial charge in [-0.05, 0) is 51.1 Å². The molecule has 1 heterocycles. The largest absolute Gasteiger partial charge is 0.391 e. The average Bonchev–Trinajstić information content (AvgIpc) is 2.52. The Morgan fingerprint density at radius 1 is 1.00 bits per heavy atom. The normalized spacial score (nSPS) is 28.7. The minimum atomic E-state index is -0.151. The van der Waals surface area contributed by atoms with Gasteiger partial charge in [-0.25, -0.2) is 0 Å². The maximum Gasteiger partial charge on any atom is 0.0699 e. The topological polar surface area (TPSA) is 23.5 Å². The van der Waals surface area contributed by atoms with Crippen LogP contribution < -0.4 is 0 Å². The lowest BCUT2D eigenvalue weighted by molar-refractivity contribution is -0.0202. The second kappa shape index (κ2) is 6.93. The number of aryl methyl sites for hydroxylation is 1. The summed E-state index contributed by atoms with van der Waals surface area (Å²) in [5, 5.41) is 10.5. The van der Waals surface area contributed by atoms with Crippen molar-refractivity contribution in [3.63, 3.8) is 0 Å². The van der Waals surface area contributed by atoms with Gasteiger partial charge >= 0.3 is 0 Å². The van der Waals surface area contributed by atoms with E-state index in [9.17, 15) is 5.11 Å². The molecule has 2 heteroatoms. The lowest BCUT2D eigenvalue weighted by Crippen LogP contribution is -2.54. The van der Waals surface area contributed by atoms with E-state index in [1.807, 2.05) is 0 Å². The van der Waals surface area contributed by atoms with E-state index in [1.165, 1.54) is 49.8 Å². The molecule has 1 aromatic carbocycles. The average molecular weight is 287 g/mol. The van der Waals surface area contributed by atoms with Gasteiger partial charge in [0.25, 0.3) is 0 Å². The summed E-state index contributed by atoms with van der Waals surface area (Å²) in [7, 11) is 0. The van der Waals surface area contributed by atoms with Crippen LogP contribution in [0.2, 0.25) is 0 Å². The number of likely N-dealkylation sites (tertiary alicyclic amines) is 1. The van der Waals surface area contributed by atoms with Crippen molar-refractivity contribution in [2.75, 3.05) is 6.54 Å². The zero-order valence-corrected chi connectivity index (χ0v) is 13.3. The monoisotopic (exact) mass is 287 g/mol. The molecule has 1 saturated heterocycles. The van der Waals surface area contributed by atoms with Gasteiger partial charge in [-0.3, -0.25) is 4.90 Å². The molecule has 2 nitrogen and oxygen atoms in total. The molecule has 0 unspecified atom stereocenters. The van der Waals surface area contributed by atoms with Gasteiger partial charge in [0.2, 0.25) is 0 Å². The first-order valence-corrected chi connectivity index (χ1v) is 8.73. The third-order valence-electron chi connectivity index (χ3n) is 5.40. The lowest BCUT2D eigenvalue weighted by Gasteiger charge is -2.45. The lowest BCUT2D eigenvalue weighted by atomic mass is 9.87. The summed E-state index contributed by atoms with van der Waals surface area (Å²) in [6, 6.07) is 9.88. The zero-order valence-electron chi connectivity index (χ0n) is 13.3. The second-order valence-electron chi connectivity index (χ2n) is 7.00. The summed E-state index contributed by atoms with van der Waals surface area (Å²) >= 11 is 0. The predicted molar refractivity (Wildman–Crippen MR) is 87.5 cm³/mol. The number of hydrogen-bond acceptors (Lipinski definition) is 2. The van der Waals surface area contributed by atoms with Crippen LogP contribution in [0.15, 0.2) is 24.3 Å². The smallest absolute Gasteiger partial charge is 0.0699 e. The summed E-state index contributed by atoms with van der Waals surface area (Å²) in [5.41, 5.74) is 2.68. The molecule has 2 atom stereocenters. The van der Waals surface area contributed by atoms with E-state index in [2.05, 4.69) is 36.1 Å². The third kappa shape index (κ3) is 3.67. The molecule has 0 bridgehead atoms. The molecule has 1 aliphatic heterocycles. The molecule has 1 saturated carbocycles. The molecular weight excluding hydrogens is 258 g/mol. The number of hydrogen-bond donors (Lipinski definition) is 1. The quantitative estimate of drug-likeness (QED) is 0.916. The number of rotatable bonds is 3. The zero-order chi connectivity index (χ0) is 14.7. The molecule has 1 N–H and O–H groups in total. The molecule has 116 valence electrons. The Morgan fingerprint density at radius 3 is 2.43 bits per heavy atom. The van der Waals surface area contributed by atoms with E-state index >= 15 is 0 Å². The summed E-state index contributed by atoms with van der Waals surface area (Å²) in [6.45, 7) is 3.31. The minimum absolute atomic E-state index is 0.151. The van der Waals surface area contributed by atoms with E-state index < -0.39 is 0 Å². The van der Waals surface area contributed by atoms with Crippen LogP contribution in [-0.2, 0) is 6.42 Å². The Kier molecular flexibility index (Phi) is 4.97. The van der Waals surface area contributed by atoms with Gasteiger partial charge in [0.15, 0.2) is 0 Å². The van der Waals surface area contributed by atoms with Crippen LogP contribution in [0.4, 0.5) is 0 Å². The molecule has 3 rings (SSSR count). The fourth-order valence-electron chi connectivity index (χ4n) is 4.15. The highest BCUT2D eigenvalue weighted by Crippen LogP contribution is 2.30. The minimum Gasteiger partial charge on any atom is -0.391 e. The summed E-state index contributed by atoms with van der Waals surface area (Å²) in [6.07, 6.45) is 9.77. The number of piperidine rings is 1. The van der Waals surface area contributed by atoms with E-state index in [0.29, 0.717) is 12.1 Å². The summed E-state index contributed by atoms with van der Waals surface area (Å²) in [4.78, 5) is 2.65. The Balaban J connectivity index is 1.72. The first kappa shape index (κ1) is 15.1. The molecule has 0 aromatic heterocycles. The van der Waals surface area contributed by atoms with E-state index in [0.717, 1.165) is 19.3 Å². The molecule has 2 aliphatic rings. The van der Waals surface area contributed by atoms with Crippen LogP contribution in [0.5, 0.6) is 0 Å². The van der Waals surface area contributed by atoms with Gasteiger partial charge in [0, 0.05) is 12.1 Å². The van der Waals surface area contributed by atoms with Crippen molar-refractivity contribution >= 4 is 0 Å². The van der Waals surface area contributed by atoms with Gasteiger partial charge < -0.3 is 5.11 Å². The summed E-state index contributed by atoms with van der Waals surface area (Å²) in [5.74, 6) is 0. The maximum atomic E-state index is 10.5. The van der Waals surface area contributed by atoms with Gasteiger partial charge in [0.1, 0.15) is 0 Å². The number of aliphatic hydroxyl groups excluding tert-OH is 1. The van der Waals surface area contributed by atoms with Gasteiger partial charge in [-0.2, -0.15) is 0 Å². The van der Waals surface area contributed by atoms with Crippen molar-refractivity contribution in [3.05, 3.63) is 35.4 Å². The Morgan fingerprint density at radius 2 is 1.71 bits per heavy atom. The van der Waals surface area contributed by atoms with Gasteiger partial charge in [0.05, 0.1) is 6.10 Å². The molecular formula is C19H29NO. The van der Waals surface area contributed by atoms with Gasteiger partial charge in [-0.15, -0.1) is 0 Å². The van der Waals surface area contributed by atoms with Crippen LogP contribution in [0.25, 0.3) is 0 Å². The molecule has 21 heavy (non-hydrogen) atoms. The van der Waals surface area contributed by atoms with Crippen molar-refractivity contribution in [3.8, 4) is 0 Å². The Bertz CT molecular complexity index is 435. The fraction of sp³-hybridized carbons (Fsp3) is 0.684. The van der Waals surface area contributed by atoms with Crippen molar-refractivity contribution < 1.29 is 5.11 Å². The SMILES string of the molecule is Cc1ccc(C[C@H]2[C@@H](O)CCCN2C2CCCCC2)cc1. The molecule has 1 aromatic rings. The van der Waals surface area contributed by atoms with Crippen LogP contribution in [0.1, 0.15) is 56.1 Å². The highest BCUT2D eigenvalue weighted by atomic mass is 16.3. The highest BCUT2D eigenvalue weighted by molar-refractivity contribution is 5.22. The number of nitrogens with zero attached hydrogens (tertiary/aromatic N) is 1. The molecule has 1 aliphatic carbocycles. The molecule has 0 radical (unpaired) electrons. The van der Waals surface area contributed by atoms with Crippen LogP contribution >= 0.6 is 0 Å². The van der Waals surface area contributed by atoms with Crippen molar-refractivity contribution in [1.29, 1.82) is 0 Å². The number of benzene rings is 1. The molecule has 0 spiro atoms. The maximum absolute atomic E-state index is 10.5. The standard InChI is InChI=1S/C19H29NO/c1-15-9-11-16(12-10-15)14-18-19(21)8-5-13-20(18)17-6-3-2-4-7-17/h9-12,17-19,21H,2-8,13-14H2,1H3/t18-,19-/m0/s1. The van der Waals surface area contributed by atoms with E-state index in [1.54, 1.807) is 0 Å². The Hall–Kier alpha value is -0.860. The number of aliphatic hydroxyl groups is 1. The second-order valence-corrected chi connectivity index (χ2v) is 7.00. The summed E-state index contributed by atoms with van der Waals surface area (Å²) < 4.78 is 0. The van der Waals surface area contributed by atoms with Crippen molar-refractivity contribution in [1.82, 2.24) is 4.90 Å². The molecule has 2 fully saturated rings. The highest BCUT2D eigenvalue weighted by Gasteiger charge is 2.34. The van der Waals surface area contributed by atoms with E-state index in [-0.39, 0.29) is 6.10 Å². The van der Waals surface area contributed by atoms with Crippen LogP contribution in [0, 0.1) is 6.92 Å². The van der Waals surface area contributed by atoms with Gasteiger partial charge in [-0.1, -0.05) is 49.1 Å². The van der Waals surface area contributed by atoms with Crippen LogP contribution in [-0.4, -0.2) is 34.7 Å². The van der Waals surface area contributed by atoms with Crippen molar-refractivity contribution in [2.24, 2.45) is 0 Å². The van der Waals surface area contributed by atoms with E-state index in [4.69, 9.17) is 0 Å². The fourth-order valence-corrected chi connectivity index (χ4v) is 4.15. The van der Waals surface area contributed by atoms with Crippen molar-refractivity contribution in [2.45, 2.75) is 76.5 Å². The first-order chi connectivity index (χ1) is 10.2. The third-order valence-corrected chi connectivity index (χ3v) is 5.40. The Labute approximate surface area is 129 Å². The predicted octanol–water partition coefficient (Wildman–Crippen LogP) is 3.70.